The van der Waals surface area contributed by atoms with Crippen molar-refractivity contribution in [3.63, 3.8) is 0 Å². The number of carbonyl (C=O) groups is 1. The second kappa shape index (κ2) is 12.2. The Kier molecular flexibility index (Phi) is 9.97. The molecule has 3 saturated heterocycles. The van der Waals surface area contributed by atoms with Gasteiger partial charge in [-0.2, -0.15) is 0 Å². The van der Waals surface area contributed by atoms with Crippen LogP contribution in [0.5, 0.6) is 0 Å². The summed E-state index contributed by atoms with van der Waals surface area (Å²) in [6.45, 7) is 1.00. The van der Waals surface area contributed by atoms with E-state index in [1.165, 1.54) is 6.92 Å². The van der Waals surface area contributed by atoms with E-state index in [1.807, 2.05) is 0 Å². The summed E-state index contributed by atoms with van der Waals surface area (Å²) in [5.74, 6) is -0.639. The third-order valence-electron chi connectivity index (χ3n) is 6.46. The minimum absolute atomic E-state index is 0.639. The Morgan fingerprint density at radius 3 is 1.89 bits per heavy atom. The molecular formula is C20H35NO15. The van der Waals surface area contributed by atoms with Gasteiger partial charge in [-0.25, -0.2) is 0 Å². The second-order valence-corrected chi connectivity index (χ2v) is 9.05. The topological polar surface area (TPSA) is 257 Å². The molecule has 210 valence electrons. The molecule has 16 heteroatoms. The van der Waals surface area contributed by atoms with Crippen LogP contribution in [0.4, 0.5) is 0 Å². The van der Waals surface area contributed by atoms with Crippen LogP contribution >= 0.6 is 0 Å². The Morgan fingerprint density at radius 1 is 0.722 bits per heavy atom. The van der Waals surface area contributed by atoms with E-state index in [1.54, 1.807) is 0 Å². The molecule has 0 aliphatic carbocycles. The molecule has 1 amide bonds. The van der Waals surface area contributed by atoms with Crippen molar-refractivity contribution < 1.29 is 74.4 Å². The van der Waals surface area contributed by atoms with Crippen LogP contribution in [0.25, 0.3) is 0 Å². The minimum atomic E-state index is -1.89. The highest BCUT2D eigenvalue weighted by Crippen LogP contribution is 2.32. The summed E-state index contributed by atoms with van der Waals surface area (Å²) in [4.78, 5) is 11.7. The number of amides is 1. The molecule has 0 aromatic carbocycles. The van der Waals surface area contributed by atoms with Gasteiger partial charge >= 0.3 is 0 Å². The number of hydrogen-bond acceptors (Lipinski definition) is 15. The highest BCUT2D eigenvalue weighted by molar-refractivity contribution is 5.73. The van der Waals surface area contributed by atoms with Crippen molar-refractivity contribution in [2.24, 2.45) is 0 Å². The molecule has 0 saturated carbocycles. The van der Waals surface area contributed by atoms with Crippen molar-refractivity contribution in [3.05, 3.63) is 0 Å². The lowest BCUT2D eigenvalue weighted by Gasteiger charge is -2.48. The molecule has 0 aromatic heterocycles. The predicted molar refractivity (Wildman–Crippen MR) is 111 cm³/mol. The third-order valence-corrected chi connectivity index (χ3v) is 6.46. The summed E-state index contributed by atoms with van der Waals surface area (Å²) in [7, 11) is 0. The number of hydrogen-bond donors (Lipinski definition) is 10. The maximum absolute atomic E-state index is 11.7. The molecule has 3 fully saturated rings. The molecular weight excluding hydrogens is 494 g/mol. The fourth-order valence-corrected chi connectivity index (χ4v) is 4.38. The van der Waals surface area contributed by atoms with Gasteiger partial charge in [0.05, 0.1) is 19.3 Å². The van der Waals surface area contributed by atoms with E-state index in [2.05, 4.69) is 5.32 Å². The largest absolute Gasteiger partial charge is 0.394 e. The summed E-state index contributed by atoms with van der Waals surface area (Å²) in [5.41, 5.74) is 0. The van der Waals surface area contributed by atoms with Crippen molar-refractivity contribution in [1.82, 2.24) is 5.32 Å². The number of aliphatic hydroxyl groups excluding tert-OH is 9. The second-order valence-electron chi connectivity index (χ2n) is 9.05. The first kappa shape index (κ1) is 29.5. The molecule has 16 nitrogen and oxygen atoms in total. The summed E-state index contributed by atoms with van der Waals surface area (Å²) < 4.78 is 27.4. The van der Waals surface area contributed by atoms with Gasteiger partial charge in [-0.15, -0.1) is 0 Å². The van der Waals surface area contributed by atoms with Crippen molar-refractivity contribution in [2.75, 3.05) is 13.2 Å². The molecule has 0 aromatic rings. The lowest BCUT2D eigenvalue weighted by atomic mass is 9.95. The van der Waals surface area contributed by atoms with Crippen LogP contribution < -0.4 is 5.32 Å². The van der Waals surface area contributed by atoms with Gasteiger partial charge in [0, 0.05) is 6.92 Å². The average Bonchev–Trinajstić information content (AvgIpc) is 2.84. The smallest absolute Gasteiger partial charge is 0.217 e. The molecule has 3 heterocycles. The maximum atomic E-state index is 11.7. The van der Waals surface area contributed by atoms with Gasteiger partial charge in [-0.05, 0) is 6.92 Å². The van der Waals surface area contributed by atoms with E-state index in [9.17, 15) is 50.8 Å². The summed E-state index contributed by atoms with van der Waals surface area (Å²) >= 11 is 0. The summed E-state index contributed by atoms with van der Waals surface area (Å²) in [5, 5.41) is 93.7. The Labute approximate surface area is 205 Å². The van der Waals surface area contributed by atoms with Crippen molar-refractivity contribution in [3.8, 4) is 0 Å². The van der Waals surface area contributed by atoms with Gasteiger partial charge in [0.25, 0.3) is 0 Å². The van der Waals surface area contributed by atoms with Gasteiger partial charge in [0.15, 0.2) is 18.9 Å². The lowest BCUT2D eigenvalue weighted by Crippen LogP contribution is -2.68. The van der Waals surface area contributed by atoms with E-state index in [4.69, 9.17) is 23.7 Å². The molecule has 36 heavy (non-hydrogen) atoms. The van der Waals surface area contributed by atoms with Crippen molar-refractivity contribution in [2.45, 2.75) is 106 Å². The zero-order valence-electron chi connectivity index (χ0n) is 19.5. The van der Waals surface area contributed by atoms with Crippen LogP contribution in [0, 0.1) is 0 Å². The Hall–Kier alpha value is -1.09. The molecule has 0 radical (unpaired) electrons. The van der Waals surface area contributed by atoms with Gasteiger partial charge < -0.3 is 75.0 Å². The zero-order chi connectivity index (χ0) is 26.9. The molecule has 3 aliphatic heterocycles. The first-order chi connectivity index (χ1) is 16.9. The van der Waals surface area contributed by atoms with Crippen LogP contribution in [0.3, 0.4) is 0 Å². The third kappa shape index (κ3) is 5.97. The summed E-state index contributed by atoms with van der Waals surface area (Å²) in [6.07, 6.45) is -22.1. The molecule has 3 aliphatic rings. The van der Waals surface area contributed by atoms with E-state index in [0.29, 0.717) is 0 Å². The molecule has 0 spiro atoms. The minimum Gasteiger partial charge on any atom is -0.394 e. The highest BCUT2D eigenvalue weighted by Gasteiger charge is 2.53. The van der Waals surface area contributed by atoms with Crippen molar-refractivity contribution in [1.29, 1.82) is 0 Å². The quantitative estimate of drug-likeness (QED) is 0.147. The fraction of sp³-hybridized carbons (Fsp3) is 0.950. The number of rotatable bonds is 7. The first-order valence-electron chi connectivity index (χ1n) is 11.4. The molecule has 0 bridgehead atoms. The van der Waals surface area contributed by atoms with Gasteiger partial charge in [-0.3, -0.25) is 4.79 Å². The molecule has 3 rings (SSSR count). The van der Waals surface area contributed by atoms with Gasteiger partial charge in [-0.1, -0.05) is 0 Å². The fourth-order valence-electron chi connectivity index (χ4n) is 4.38. The summed E-state index contributed by atoms with van der Waals surface area (Å²) in [6, 6.07) is -1.41. The first-order valence-corrected chi connectivity index (χ1v) is 11.4. The van der Waals surface area contributed by atoms with Crippen LogP contribution in [0.15, 0.2) is 0 Å². The van der Waals surface area contributed by atoms with Gasteiger partial charge in [0.1, 0.15) is 67.1 Å². The average molecular weight is 529 g/mol. The predicted octanol–water partition coefficient (Wildman–Crippen LogP) is -6.40. The Balaban J connectivity index is 1.88. The van der Waals surface area contributed by atoms with Crippen LogP contribution in [0.2, 0.25) is 0 Å². The van der Waals surface area contributed by atoms with Crippen molar-refractivity contribution >= 4 is 5.91 Å². The SMILES string of the molecule is CC(=O)N[C@H]1[C@@H](O[C@@H]2[C@@H](O)[C@@H](CO)O[C@@H](O)[C@@H]2O[C@@H]2O[C@@H](C)[C@@H](O)[C@@H](O)[C@@H]2O)O[C@H](CO)[C@H](O)[C@@H]1O. The highest BCUT2D eigenvalue weighted by atomic mass is 16.8. The van der Waals surface area contributed by atoms with E-state index >= 15 is 0 Å². The monoisotopic (exact) mass is 529 g/mol. The van der Waals surface area contributed by atoms with E-state index in [-0.39, 0.29) is 0 Å². The standard InChI is InChI=1S/C20H35NO15/c1-5-10(25)14(29)15(30)20(32-5)36-17-16(12(27)8(4-23)33-18(17)31)35-19-9(21-6(2)24)13(28)11(26)7(3-22)34-19/h5,7-20,22-23,25-31H,3-4H2,1-2H3,(H,21,24)/t5-,7+,8+,9+,10+,11-,12-,13+,14+,15-,16+,17+,18+,19+,20-/m0/s1. The maximum Gasteiger partial charge on any atom is 0.217 e. The molecule has 0 unspecified atom stereocenters. The van der Waals surface area contributed by atoms with Gasteiger partial charge in [0.2, 0.25) is 5.91 Å². The van der Waals surface area contributed by atoms with E-state index < -0.39 is 111 Å². The Bertz CT molecular complexity index is 731. The van der Waals surface area contributed by atoms with Crippen LogP contribution in [-0.4, -0.2) is 157 Å². The lowest BCUT2D eigenvalue weighted by molar-refractivity contribution is -0.380. The number of aliphatic hydroxyl groups is 9. The molecule has 15 atom stereocenters. The van der Waals surface area contributed by atoms with E-state index in [0.717, 1.165) is 6.92 Å². The Morgan fingerprint density at radius 2 is 1.31 bits per heavy atom. The number of carbonyl (C=O) groups excluding carboxylic acids is 1. The number of nitrogens with one attached hydrogen (secondary N) is 1. The van der Waals surface area contributed by atoms with Crippen LogP contribution in [-0.2, 0) is 28.5 Å². The molecule has 10 N–H and O–H groups in total. The number of ether oxygens (including phenoxy) is 5. The zero-order valence-corrected chi connectivity index (χ0v) is 19.5. The normalized spacial score (nSPS) is 50.0. The van der Waals surface area contributed by atoms with Crippen LogP contribution in [0.1, 0.15) is 13.8 Å².